The van der Waals surface area contributed by atoms with Gasteiger partial charge in [0.15, 0.2) is 0 Å². The number of likely N-dealkylation sites (tertiary alicyclic amines) is 1. The fourth-order valence-corrected chi connectivity index (χ4v) is 2.07. The average Bonchev–Trinajstić information content (AvgIpc) is 2.27. The van der Waals surface area contributed by atoms with Gasteiger partial charge in [0.1, 0.15) is 0 Å². The predicted octanol–water partition coefficient (Wildman–Crippen LogP) is 1.07. The van der Waals surface area contributed by atoms with Crippen LogP contribution in [0.3, 0.4) is 0 Å². The van der Waals surface area contributed by atoms with E-state index in [0.29, 0.717) is 12.5 Å². The van der Waals surface area contributed by atoms with E-state index < -0.39 is 0 Å². The van der Waals surface area contributed by atoms with Gasteiger partial charge in [-0.3, -0.25) is 0 Å². The van der Waals surface area contributed by atoms with Crippen LogP contribution < -0.4 is 5.73 Å². The van der Waals surface area contributed by atoms with Gasteiger partial charge in [-0.1, -0.05) is 13.8 Å². The summed E-state index contributed by atoms with van der Waals surface area (Å²) >= 11 is 0. The van der Waals surface area contributed by atoms with Crippen LogP contribution in [-0.2, 0) is 0 Å². The fraction of sp³-hybridized carbons (Fsp3) is 1.00. The normalized spacial score (nSPS) is 24.4. The van der Waals surface area contributed by atoms with Crippen molar-refractivity contribution >= 4 is 0 Å². The SMILES string of the molecule is CC(C)(CN)CCN1CCCC(CO)C1. The summed E-state index contributed by atoms with van der Waals surface area (Å²) in [6, 6.07) is 0. The molecule has 0 spiro atoms. The third-order valence-corrected chi connectivity index (χ3v) is 3.52. The van der Waals surface area contributed by atoms with Gasteiger partial charge in [0.25, 0.3) is 0 Å². The number of hydrogen-bond acceptors (Lipinski definition) is 3. The summed E-state index contributed by atoms with van der Waals surface area (Å²) in [4.78, 5) is 2.47. The summed E-state index contributed by atoms with van der Waals surface area (Å²) in [5.41, 5.74) is 5.97. The Kier molecular flexibility index (Phi) is 5.03. The lowest BCUT2D eigenvalue weighted by molar-refractivity contribution is 0.110. The molecule has 0 bridgehead atoms. The Morgan fingerprint density at radius 2 is 2.20 bits per heavy atom. The molecule has 1 fully saturated rings. The van der Waals surface area contributed by atoms with Crippen LogP contribution in [0.25, 0.3) is 0 Å². The Bertz CT molecular complexity index is 182. The molecule has 3 N–H and O–H groups in total. The van der Waals surface area contributed by atoms with Crippen molar-refractivity contribution in [1.29, 1.82) is 0 Å². The van der Waals surface area contributed by atoms with E-state index >= 15 is 0 Å². The first kappa shape index (κ1) is 12.9. The topological polar surface area (TPSA) is 49.5 Å². The van der Waals surface area contributed by atoms with Gasteiger partial charge in [-0.15, -0.1) is 0 Å². The molecule has 1 heterocycles. The molecule has 0 amide bonds. The number of piperidine rings is 1. The van der Waals surface area contributed by atoms with E-state index in [1.54, 1.807) is 0 Å². The highest BCUT2D eigenvalue weighted by atomic mass is 16.3. The molecule has 0 aromatic heterocycles. The van der Waals surface area contributed by atoms with Gasteiger partial charge in [-0.2, -0.15) is 0 Å². The maximum absolute atomic E-state index is 9.14. The zero-order valence-corrected chi connectivity index (χ0v) is 10.2. The van der Waals surface area contributed by atoms with Gasteiger partial charge in [-0.05, 0) is 50.2 Å². The molecule has 1 rings (SSSR count). The third-order valence-electron chi connectivity index (χ3n) is 3.52. The number of hydrogen-bond donors (Lipinski definition) is 2. The van der Waals surface area contributed by atoms with Crippen LogP contribution in [-0.4, -0.2) is 42.8 Å². The van der Waals surface area contributed by atoms with E-state index in [9.17, 15) is 0 Å². The number of rotatable bonds is 5. The Balaban J connectivity index is 2.26. The molecule has 0 saturated carbocycles. The molecule has 1 atom stereocenters. The lowest BCUT2D eigenvalue weighted by Gasteiger charge is -2.34. The van der Waals surface area contributed by atoms with E-state index in [2.05, 4.69) is 18.7 Å². The van der Waals surface area contributed by atoms with Crippen molar-refractivity contribution in [3.63, 3.8) is 0 Å². The van der Waals surface area contributed by atoms with Crippen molar-refractivity contribution in [3.8, 4) is 0 Å². The standard InChI is InChI=1S/C12H26N2O/c1-12(2,10-13)5-7-14-6-3-4-11(8-14)9-15/h11,15H,3-10,13H2,1-2H3. The molecule has 0 aromatic rings. The van der Waals surface area contributed by atoms with Crippen LogP contribution in [0.5, 0.6) is 0 Å². The number of nitrogens with two attached hydrogens (primary N) is 1. The Morgan fingerprint density at radius 3 is 2.80 bits per heavy atom. The summed E-state index contributed by atoms with van der Waals surface area (Å²) in [6.45, 7) is 8.93. The van der Waals surface area contributed by atoms with Gasteiger partial charge < -0.3 is 15.7 Å². The Labute approximate surface area is 93.6 Å². The molecule has 3 heteroatoms. The highest BCUT2D eigenvalue weighted by Crippen LogP contribution is 2.21. The van der Waals surface area contributed by atoms with Crippen LogP contribution in [0.1, 0.15) is 33.1 Å². The quantitative estimate of drug-likeness (QED) is 0.719. The van der Waals surface area contributed by atoms with Crippen LogP contribution in [0.2, 0.25) is 0 Å². The minimum atomic E-state index is 0.256. The minimum Gasteiger partial charge on any atom is -0.396 e. The number of aliphatic hydroxyl groups is 1. The fourth-order valence-electron chi connectivity index (χ4n) is 2.07. The van der Waals surface area contributed by atoms with Gasteiger partial charge in [0.2, 0.25) is 0 Å². The molecule has 0 aliphatic carbocycles. The first-order valence-electron chi connectivity index (χ1n) is 6.11. The number of nitrogens with zero attached hydrogens (tertiary/aromatic N) is 1. The maximum atomic E-state index is 9.14. The van der Waals surface area contributed by atoms with E-state index in [4.69, 9.17) is 10.8 Å². The van der Waals surface area contributed by atoms with E-state index in [1.807, 2.05) is 0 Å². The minimum absolute atomic E-state index is 0.256. The molecule has 1 aliphatic rings. The first-order chi connectivity index (χ1) is 7.07. The lowest BCUT2D eigenvalue weighted by atomic mass is 9.89. The average molecular weight is 214 g/mol. The summed E-state index contributed by atoms with van der Waals surface area (Å²) in [7, 11) is 0. The smallest absolute Gasteiger partial charge is 0.0471 e. The van der Waals surface area contributed by atoms with Gasteiger partial charge >= 0.3 is 0 Å². The van der Waals surface area contributed by atoms with E-state index in [0.717, 1.165) is 26.1 Å². The van der Waals surface area contributed by atoms with Gasteiger partial charge in [0, 0.05) is 13.2 Å². The third kappa shape index (κ3) is 4.49. The first-order valence-corrected chi connectivity index (χ1v) is 6.11. The largest absolute Gasteiger partial charge is 0.396 e. The maximum Gasteiger partial charge on any atom is 0.0471 e. The molecule has 0 radical (unpaired) electrons. The molecule has 0 aromatic carbocycles. The molecule has 3 nitrogen and oxygen atoms in total. The van der Waals surface area contributed by atoms with Gasteiger partial charge in [0.05, 0.1) is 0 Å². The second kappa shape index (κ2) is 5.83. The number of aliphatic hydroxyl groups excluding tert-OH is 1. The van der Waals surface area contributed by atoms with Crippen LogP contribution >= 0.6 is 0 Å². The van der Waals surface area contributed by atoms with Crippen LogP contribution in [0.4, 0.5) is 0 Å². The molecule has 1 saturated heterocycles. The summed E-state index contributed by atoms with van der Waals surface area (Å²) in [5, 5.41) is 9.14. The van der Waals surface area contributed by atoms with Crippen LogP contribution in [0, 0.1) is 11.3 Å². The summed E-state index contributed by atoms with van der Waals surface area (Å²) < 4.78 is 0. The van der Waals surface area contributed by atoms with Crippen molar-refractivity contribution in [2.75, 3.05) is 32.8 Å². The predicted molar refractivity (Wildman–Crippen MR) is 63.7 cm³/mol. The lowest BCUT2D eigenvalue weighted by Crippen LogP contribution is -2.39. The van der Waals surface area contributed by atoms with Crippen molar-refractivity contribution in [3.05, 3.63) is 0 Å². The summed E-state index contributed by atoms with van der Waals surface area (Å²) in [6.07, 6.45) is 3.57. The summed E-state index contributed by atoms with van der Waals surface area (Å²) in [5.74, 6) is 0.500. The molecular formula is C12H26N2O. The van der Waals surface area contributed by atoms with Crippen molar-refractivity contribution < 1.29 is 5.11 Å². The molecular weight excluding hydrogens is 188 g/mol. The zero-order chi connectivity index (χ0) is 11.3. The van der Waals surface area contributed by atoms with Crippen molar-refractivity contribution in [2.24, 2.45) is 17.1 Å². The van der Waals surface area contributed by atoms with Crippen molar-refractivity contribution in [2.45, 2.75) is 33.1 Å². The second-order valence-electron chi connectivity index (χ2n) is 5.61. The molecule has 1 unspecified atom stereocenters. The molecule has 90 valence electrons. The second-order valence-corrected chi connectivity index (χ2v) is 5.61. The van der Waals surface area contributed by atoms with Crippen LogP contribution in [0.15, 0.2) is 0 Å². The Morgan fingerprint density at radius 1 is 1.47 bits per heavy atom. The highest BCUT2D eigenvalue weighted by Gasteiger charge is 2.22. The van der Waals surface area contributed by atoms with Gasteiger partial charge in [-0.25, -0.2) is 0 Å². The molecule has 15 heavy (non-hydrogen) atoms. The van der Waals surface area contributed by atoms with E-state index in [-0.39, 0.29) is 5.41 Å². The van der Waals surface area contributed by atoms with E-state index in [1.165, 1.54) is 19.4 Å². The van der Waals surface area contributed by atoms with Crippen molar-refractivity contribution in [1.82, 2.24) is 4.90 Å². The molecule has 1 aliphatic heterocycles. The monoisotopic (exact) mass is 214 g/mol. The zero-order valence-electron chi connectivity index (χ0n) is 10.2. The Hall–Kier alpha value is -0.120. The highest BCUT2D eigenvalue weighted by molar-refractivity contribution is 4.76.